The lowest BCUT2D eigenvalue weighted by molar-refractivity contribution is 0.369. The second-order valence-electron chi connectivity index (χ2n) is 4.03. The van der Waals surface area contributed by atoms with E-state index in [1.807, 2.05) is 18.3 Å². The quantitative estimate of drug-likeness (QED) is 0.793. The number of hydrogen-bond acceptors (Lipinski definition) is 5. The van der Waals surface area contributed by atoms with Crippen LogP contribution in [0.4, 0.5) is 0 Å². The van der Waals surface area contributed by atoms with E-state index in [1.165, 1.54) is 12.8 Å². The predicted octanol–water partition coefficient (Wildman–Crippen LogP) is 1.14. The molecule has 1 saturated carbocycles. The summed E-state index contributed by atoms with van der Waals surface area (Å²) in [5.41, 5.74) is 4.10. The van der Waals surface area contributed by atoms with Crippen LogP contribution in [0.1, 0.15) is 18.4 Å². The van der Waals surface area contributed by atoms with Gasteiger partial charge in [0.2, 0.25) is 0 Å². The van der Waals surface area contributed by atoms with Gasteiger partial charge in [-0.2, -0.15) is 5.10 Å². The van der Waals surface area contributed by atoms with Gasteiger partial charge in [0, 0.05) is 29.4 Å². The Bertz CT molecular complexity index is 427. The van der Waals surface area contributed by atoms with Crippen molar-refractivity contribution in [3.63, 3.8) is 0 Å². The second kappa shape index (κ2) is 3.83. The van der Waals surface area contributed by atoms with Gasteiger partial charge in [-0.3, -0.25) is 10.4 Å². The topological polar surface area (TPSA) is 40.5 Å². The number of nitrogens with zero attached hydrogens (tertiary/aromatic N) is 3. The maximum atomic E-state index is 5.02. The number of amidine groups is 1. The SMILES string of the molecule is S=CC1NN=C(c2cccnc2)N1C1CC1. The number of nitrogens with one attached hydrogen (secondary N) is 1. The molecule has 16 heavy (non-hydrogen) atoms. The normalized spacial score (nSPS) is 23.9. The molecule has 0 radical (unpaired) electrons. The van der Waals surface area contributed by atoms with E-state index in [4.69, 9.17) is 12.2 Å². The van der Waals surface area contributed by atoms with Crippen molar-refractivity contribution in [2.75, 3.05) is 0 Å². The van der Waals surface area contributed by atoms with Crippen LogP contribution in [0.15, 0.2) is 29.6 Å². The van der Waals surface area contributed by atoms with Gasteiger partial charge >= 0.3 is 0 Å². The fraction of sp³-hybridized carbons (Fsp3) is 0.364. The zero-order valence-electron chi connectivity index (χ0n) is 8.71. The summed E-state index contributed by atoms with van der Waals surface area (Å²) in [7, 11) is 0. The molecule has 1 aliphatic carbocycles. The smallest absolute Gasteiger partial charge is 0.159 e. The van der Waals surface area contributed by atoms with Gasteiger partial charge < -0.3 is 4.90 Å². The van der Waals surface area contributed by atoms with Gasteiger partial charge in [-0.25, -0.2) is 0 Å². The molecule has 1 unspecified atom stereocenters. The van der Waals surface area contributed by atoms with Crippen molar-refractivity contribution in [1.82, 2.24) is 15.3 Å². The number of aromatic nitrogens is 1. The van der Waals surface area contributed by atoms with E-state index in [0.29, 0.717) is 6.04 Å². The van der Waals surface area contributed by atoms with Gasteiger partial charge in [0.15, 0.2) is 5.84 Å². The molecule has 82 valence electrons. The van der Waals surface area contributed by atoms with Crippen LogP contribution in [-0.2, 0) is 0 Å². The minimum absolute atomic E-state index is 0.0534. The number of pyridine rings is 1. The summed E-state index contributed by atoms with van der Waals surface area (Å²) in [5, 5.41) is 6.08. The largest absolute Gasteiger partial charge is 0.326 e. The molecule has 1 fully saturated rings. The minimum atomic E-state index is 0.0534. The first kappa shape index (κ1) is 9.72. The molecule has 0 aromatic carbocycles. The predicted molar refractivity (Wildman–Crippen MR) is 66.2 cm³/mol. The lowest BCUT2D eigenvalue weighted by Crippen LogP contribution is -2.42. The zero-order chi connectivity index (χ0) is 11.0. The molecule has 5 heteroatoms. The van der Waals surface area contributed by atoms with E-state index in [0.717, 1.165) is 11.4 Å². The molecule has 4 nitrogen and oxygen atoms in total. The lowest BCUT2D eigenvalue weighted by atomic mass is 10.2. The van der Waals surface area contributed by atoms with Crippen LogP contribution in [0.3, 0.4) is 0 Å². The number of rotatable bonds is 3. The van der Waals surface area contributed by atoms with E-state index < -0.39 is 0 Å². The van der Waals surface area contributed by atoms with E-state index >= 15 is 0 Å². The number of hydrazone groups is 1. The van der Waals surface area contributed by atoms with Crippen molar-refractivity contribution >= 4 is 23.4 Å². The molecule has 1 aliphatic heterocycles. The fourth-order valence-corrected chi connectivity index (χ4v) is 2.13. The molecule has 0 amide bonds. The van der Waals surface area contributed by atoms with Crippen LogP contribution in [0.25, 0.3) is 0 Å². The highest BCUT2D eigenvalue weighted by Gasteiger charge is 2.38. The Balaban J connectivity index is 1.92. The summed E-state index contributed by atoms with van der Waals surface area (Å²) >= 11 is 5.02. The molecule has 2 heterocycles. The Labute approximate surface area is 99.4 Å². The molecule has 1 aromatic heterocycles. The highest BCUT2D eigenvalue weighted by molar-refractivity contribution is 7.79. The Morgan fingerprint density at radius 3 is 3.00 bits per heavy atom. The third-order valence-electron chi connectivity index (χ3n) is 2.84. The summed E-state index contributed by atoms with van der Waals surface area (Å²) in [6.45, 7) is 0. The van der Waals surface area contributed by atoms with Crippen molar-refractivity contribution < 1.29 is 0 Å². The van der Waals surface area contributed by atoms with Crippen LogP contribution in [0.5, 0.6) is 0 Å². The molecule has 1 aromatic rings. The monoisotopic (exact) mass is 232 g/mol. The van der Waals surface area contributed by atoms with Crippen LogP contribution >= 0.6 is 12.2 Å². The van der Waals surface area contributed by atoms with Crippen molar-refractivity contribution in [2.45, 2.75) is 25.0 Å². The molecule has 1 atom stereocenters. The lowest BCUT2D eigenvalue weighted by Gasteiger charge is -2.23. The molecule has 2 aliphatic rings. The van der Waals surface area contributed by atoms with E-state index in [1.54, 1.807) is 11.6 Å². The average Bonchev–Trinajstić information content (AvgIpc) is 3.09. The third kappa shape index (κ3) is 1.57. The second-order valence-corrected chi connectivity index (χ2v) is 4.30. The molecule has 0 saturated heterocycles. The van der Waals surface area contributed by atoms with Gasteiger partial charge in [0.1, 0.15) is 6.17 Å². The summed E-state index contributed by atoms with van der Waals surface area (Å²) in [5.74, 6) is 0.960. The molecular formula is C11H12N4S. The summed E-state index contributed by atoms with van der Waals surface area (Å²) in [6.07, 6.45) is 6.10. The Morgan fingerprint density at radius 1 is 1.50 bits per heavy atom. The molecule has 0 spiro atoms. The van der Waals surface area contributed by atoms with Gasteiger partial charge in [0.25, 0.3) is 0 Å². The summed E-state index contributed by atoms with van der Waals surface area (Å²) < 4.78 is 0. The van der Waals surface area contributed by atoms with Crippen LogP contribution in [0, 0.1) is 0 Å². The highest BCUT2D eigenvalue weighted by atomic mass is 32.1. The van der Waals surface area contributed by atoms with Crippen LogP contribution < -0.4 is 5.43 Å². The van der Waals surface area contributed by atoms with Crippen molar-refractivity contribution in [3.05, 3.63) is 30.1 Å². The summed E-state index contributed by atoms with van der Waals surface area (Å²) in [6, 6.07) is 4.53. The van der Waals surface area contributed by atoms with E-state index in [-0.39, 0.29) is 6.17 Å². The molecular weight excluding hydrogens is 220 g/mol. The van der Waals surface area contributed by atoms with Gasteiger partial charge in [-0.05, 0) is 25.0 Å². The Kier molecular flexibility index (Phi) is 2.32. The first-order valence-corrected chi connectivity index (χ1v) is 5.84. The van der Waals surface area contributed by atoms with Gasteiger partial charge in [-0.15, -0.1) is 0 Å². The fourth-order valence-electron chi connectivity index (χ4n) is 1.94. The van der Waals surface area contributed by atoms with Gasteiger partial charge in [0.05, 0.1) is 0 Å². The first-order valence-electron chi connectivity index (χ1n) is 5.37. The molecule has 0 bridgehead atoms. The maximum Gasteiger partial charge on any atom is 0.159 e. The van der Waals surface area contributed by atoms with E-state index in [2.05, 4.69) is 20.4 Å². The average molecular weight is 232 g/mol. The van der Waals surface area contributed by atoms with Crippen LogP contribution in [-0.4, -0.2) is 33.3 Å². The first-order chi connectivity index (χ1) is 7.90. The number of hydrogen-bond donors (Lipinski definition) is 1. The number of thiocarbonyl (C=S) groups is 1. The molecule has 3 rings (SSSR count). The van der Waals surface area contributed by atoms with Crippen molar-refractivity contribution in [1.29, 1.82) is 0 Å². The maximum absolute atomic E-state index is 5.02. The standard InChI is InChI=1S/C11H12N4S/c16-7-10-13-14-11(15(10)9-3-4-9)8-2-1-5-12-6-8/h1-2,5-7,9-10,13H,3-4H2. The zero-order valence-corrected chi connectivity index (χ0v) is 9.52. The van der Waals surface area contributed by atoms with Crippen molar-refractivity contribution in [3.8, 4) is 0 Å². The molecule has 1 N–H and O–H groups in total. The third-order valence-corrected chi connectivity index (χ3v) is 3.09. The Hall–Kier alpha value is -1.49. The summed E-state index contributed by atoms with van der Waals surface area (Å²) in [4.78, 5) is 6.38. The van der Waals surface area contributed by atoms with Crippen LogP contribution in [0.2, 0.25) is 0 Å². The van der Waals surface area contributed by atoms with Crippen molar-refractivity contribution in [2.24, 2.45) is 5.10 Å². The minimum Gasteiger partial charge on any atom is -0.326 e. The van der Waals surface area contributed by atoms with E-state index in [9.17, 15) is 0 Å². The highest BCUT2D eigenvalue weighted by Crippen LogP contribution is 2.31. The van der Waals surface area contributed by atoms with Gasteiger partial charge in [-0.1, -0.05) is 12.2 Å². The Morgan fingerprint density at radius 2 is 2.38 bits per heavy atom.